The van der Waals surface area contributed by atoms with Crippen molar-refractivity contribution in [2.45, 2.75) is 20.8 Å². The Kier molecular flexibility index (Phi) is 8.29. The molecule has 0 amide bonds. The average molecular weight is 234 g/mol. The summed E-state index contributed by atoms with van der Waals surface area (Å²) in [5, 5.41) is 0. The lowest BCUT2D eigenvalue weighted by Gasteiger charge is -1.95. The third-order valence-electron chi connectivity index (χ3n) is 1.72. The Balaban J connectivity index is 0.00000121. The summed E-state index contributed by atoms with van der Waals surface area (Å²) < 4.78 is 4.65. The highest BCUT2D eigenvalue weighted by Gasteiger charge is 2.01. The van der Waals surface area contributed by atoms with E-state index in [1.165, 1.54) is 6.08 Å². The fourth-order valence-electron chi connectivity index (χ4n) is 1.03. The Hall–Kier alpha value is -1.90. The number of esters is 1. The van der Waals surface area contributed by atoms with E-state index in [1.54, 1.807) is 31.2 Å². The zero-order valence-corrected chi connectivity index (χ0v) is 10.5. The fraction of sp³-hybridized carbons (Fsp3) is 0.286. The van der Waals surface area contributed by atoms with Gasteiger partial charge in [0.25, 0.3) is 0 Å². The first-order valence-corrected chi connectivity index (χ1v) is 5.68. The van der Waals surface area contributed by atoms with Crippen LogP contribution in [0.1, 0.15) is 31.1 Å². The number of ketones is 1. The van der Waals surface area contributed by atoms with Crippen LogP contribution in [-0.2, 0) is 9.53 Å². The molecule has 0 atom stereocenters. The SMILES string of the molecule is CC.CCOC(=O)/C=C/C(=O)c1ccccc1. The van der Waals surface area contributed by atoms with Crippen molar-refractivity contribution >= 4 is 11.8 Å². The summed E-state index contributed by atoms with van der Waals surface area (Å²) in [6.45, 7) is 6.02. The second kappa shape index (κ2) is 9.33. The standard InChI is InChI=1S/C12H12O3.C2H6/c1-2-15-12(14)9-8-11(13)10-6-4-3-5-7-10;1-2/h3-9H,2H2,1H3;1-2H3/b9-8+;. The molecule has 0 aliphatic heterocycles. The Morgan fingerprint density at radius 3 is 2.24 bits per heavy atom. The minimum absolute atomic E-state index is 0.205. The second-order valence-corrected chi connectivity index (χ2v) is 2.82. The quantitative estimate of drug-likeness (QED) is 0.457. The molecule has 1 aromatic rings. The molecule has 1 aromatic carbocycles. The van der Waals surface area contributed by atoms with Gasteiger partial charge >= 0.3 is 5.97 Å². The molecule has 0 saturated carbocycles. The van der Waals surface area contributed by atoms with Crippen LogP contribution in [0, 0.1) is 0 Å². The molecule has 0 N–H and O–H groups in total. The molecule has 0 bridgehead atoms. The molecule has 0 aliphatic carbocycles. The Labute approximate surface area is 102 Å². The van der Waals surface area contributed by atoms with Crippen LogP contribution in [0.5, 0.6) is 0 Å². The number of allylic oxidation sites excluding steroid dienone is 1. The number of hydrogen-bond acceptors (Lipinski definition) is 3. The molecule has 1 rings (SSSR count). The van der Waals surface area contributed by atoms with E-state index in [-0.39, 0.29) is 5.78 Å². The lowest BCUT2D eigenvalue weighted by Crippen LogP contribution is -2.01. The molecule has 92 valence electrons. The topological polar surface area (TPSA) is 43.4 Å². The maximum absolute atomic E-state index is 11.5. The van der Waals surface area contributed by atoms with Gasteiger partial charge in [0.15, 0.2) is 5.78 Å². The number of benzene rings is 1. The smallest absolute Gasteiger partial charge is 0.330 e. The highest BCUT2D eigenvalue weighted by molar-refractivity contribution is 6.06. The predicted molar refractivity (Wildman–Crippen MR) is 67.9 cm³/mol. The van der Waals surface area contributed by atoms with Crippen molar-refractivity contribution < 1.29 is 14.3 Å². The molecular weight excluding hydrogens is 216 g/mol. The van der Waals surface area contributed by atoms with Gasteiger partial charge < -0.3 is 4.74 Å². The van der Waals surface area contributed by atoms with Crippen molar-refractivity contribution in [2.24, 2.45) is 0 Å². The highest BCUT2D eigenvalue weighted by Crippen LogP contribution is 2.00. The van der Waals surface area contributed by atoms with Crippen LogP contribution in [0.2, 0.25) is 0 Å². The predicted octanol–water partition coefficient (Wildman–Crippen LogP) is 3.01. The van der Waals surface area contributed by atoms with E-state index in [0.717, 1.165) is 6.08 Å². The van der Waals surface area contributed by atoms with Gasteiger partial charge in [0, 0.05) is 11.6 Å². The maximum atomic E-state index is 11.5. The minimum Gasteiger partial charge on any atom is -0.463 e. The van der Waals surface area contributed by atoms with Crippen molar-refractivity contribution in [2.75, 3.05) is 6.61 Å². The second-order valence-electron chi connectivity index (χ2n) is 2.82. The lowest BCUT2D eigenvalue weighted by molar-refractivity contribution is -0.137. The van der Waals surface area contributed by atoms with Crippen molar-refractivity contribution in [3.05, 3.63) is 48.0 Å². The normalized spacial score (nSPS) is 9.35. The van der Waals surface area contributed by atoms with Gasteiger partial charge in [-0.05, 0) is 13.0 Å². The summed E-state index contributed by atoms with van der Waals surface area (Å²) in [6, 6.07) is 8.75. The van der Waals surface area contributed by atoms with E-state index in [1.807, 2.05) is 19.9 Å². The summed E-state index contributed by atoms with van der Waals surface area (Å²) in [5.74, 6) is -0.703. The third kappa shape index (κ3) is 6.30. The van der Waals surface area contributed by atoms with Crippen molar-refractivity contribution in [3.63, 3.8) is 0 Å². The maximum Gasteiger partial charge on any atom is 0.330 e. The molecule has 3 nitrogen and oxygen atoms in total. The molecule has 0 saturated heterocycles. The van der Waals surface area contributed by atoms with Gasteiger partial charge in [-0.25, -0.2) is 4.79 Å². The van der Waals surface area contributed by atoms with E-state index in [0.29, 0.717) is 12.2 Å². The van der Waals surface area contributed by atoms with Crippen LogP contribution in [0.25, 0.3) is 0 Å². The van der Waals surface area contributed by atoms with Crippen LogP contribution >= 0.6 is 0 Å². The zero-order chi connectivity index (χ0) is 13.1. The van der Waals surface area contributed by atoms with Crippen molar-refractivity contribution in [1.82, 2.24) is 0 Å². The van der Waals surface area contributed by atoms with Crippen molar-refractivity contribution in [3.8, 4) is 0 Å². The first-order valence-electron chi connectivity index (χ1n) is 5.68. The first-order chi connectivity index (χ1) is 8.24. The zero-order valence-electron chi connectivity index (χ0n) is 10.5. The Bertz CT molecular complexity index is 366. The van der Waals surface area contributed by atoms with Gasteiger partial charge in [0.2, 0.25) is 0 Å². The molecule has 3 heteroatoms. The first kappa shape index (κ1) is 15.1. The van der Waals surface area contributed by atoms with Crippen LogP contribution in [-0.4, -0.2) is 18.4 Å². The molecule has 0 unspecified atom stereocenters. The number of hydrogen-bond donors (Lipinski definition) is 0. The number of carbonyl (C=O) groups is 2. The summed E-state index contributed by atoms with van der Waals surface area (Å²) >= 11 is 0. The van der Waals surface area contributed by atoms with Gasteiger partial charge in [-0.15, -0.1) is 0 Å². The van der Waals surface area contributed by atoms with Gasteiger partial charge in [0.1, 0.15) is 0 Å². The van der Waals surface area contributed by atoms with Crippen LogP contribution in [0.4, 0.5) is 0 Å². The number of ether oxygens (including phenoxy) is 1. The van der Waals surface area contributed by atoms with Crippen molar-refractivity contribution in [1.29, 1.82) is 0 Å². The van der Waals surface area contributed by atoms with Crippen LogP contribution < -0.4 is 0 Å². The largest absolute Gasteiger partial charge is 0.463 e. The summed E-state index contributed by atoms with van der Waals surface area (Å²) in [7, 11) is 0. The lowest BCUT2D eigenvalue weighted by atomic mass is 10.1. The molecule has 0 fully saturated rings. The van der Waals surface area contributed by atoms with E-state index >= 15 is 0 Å². The van der Waals surface area contributed by atoms with Gasteiger partial charge in [-0.1, -0.05) is 44.2 Å². The highest BCUT2D eigenvalue weighted by atomic mass is 16.5. The van der Waals surface area contributed by atoms with Gasteiger partial charge in [0.05, 0.1) is 6.61 Å². The monoisotopic (exact) mass is 234 g/mol. The molecule has 0 spiro atoms. The van der Waals surface area contributed by atoms with Crippen LogP contribution in [0.3, 0.4) is 0 Å². The molecule has 17 heavy (non-hydrogen) atoms. The van der Waals surface area contributed by atoms with E-state index in [4.69, 9.17) is 0 Å². The molecule has 0 aliphatic rings. The molecule has 0 radical (unpaired) electrons. The van der Waals surface area contributed by atoms with E-state index in [9.17, 15) is 9.59 Å². The summed E-state index contributed by atoms with van der Waals surface area (Å²) in [4.78, 5) is 22.4. The van der Waals surface area contributed by atoms with E-state index < -0.39 is 5.97 Å². The fourth-order valence-corrected chi connectivity index (χ4v) is 1.03. The van der Waals surface area contributed by atoms with Crippen LogP contribution in [0.15, 0.2) is 42.5 Å². The van der Waals surface area contributed by atoms with E-state index in [2.05, 4.69) is 4.74 Å². The summed E-state index contributed by atoms with van der Waals surface area (Å²) in [6.07, 6.45) is 2.35. The molecule has 0 heterocycles. The number of carbonyl (C=O) groups excluding carboxylic acids is 2. The average Bonchev–Trinajstić information content (AvgIpc) is 2.40. The molecule has 0 aromatic heterocycles. The Morgan fingerprint density at radius 1 is 1.12 bits per heavy atom. The van der Waals surface area contributed by atoms with Gasteiger partial charge in [-0.2, -0.15) is 0 Å². The molecular formula is C14H18O3. The third-order valence-corrected chi connectivity index (χ3v) is 1.72. The summed E-state index contributed by atoms with van der Waals surface area (Å²) in [5.41, 5.74) is 0.554. The van der Waals surface area contributed by atoms with Gasteiger partial charge in [-0.3, -0.25) is 4.79 Å². The Morgan fingerprint density at radius 2 is 1.71 bits per heavy atom. The minimum atomic E-state index is -0.498. The number of rotatable bonds is 4.